The molecule has 5 nitrogen and oxygen atoms in total. The number of nitrogens with zero attached hydrogens (tertiary/aromatic N) is 2. The number of carbonyl (C=O) groups is 2. The van der Waals surface area contributed by atoms with E-state index in [0.717, 1.165) is 22.2 Å². The van der Waals surface area contributed by atoms with Crippen LogP contribution in [0.5, 0.6) is 0 Å². The third-order valence-electron chi connectivity index (χ3n) is 4.14. The summed E-state index contributed by atoms with van der Waals surface area (Å²) < 4.78 is 1.80. The number of aromatic nitrogens is 2. The van der Waals surface area contributed by atoms with E-state index in [1.54, 1.807) is 4.68 Å². The van der Waals surface area contributed by atoms with Gasteiger partial charge < -0.3 is 0 Å². The van der Waals surface area contributed by atoms with Crippen LogP contribution in [0.2, 0.25) is 0 Å². The van der Waals surface area contributed by atoms with Gasteiger partial charge in [-0.25, -0.2) is 0 Å². The van der Waals surface area contributed by atoms with E-state index in [4.69, 9.17) is 0 Å². The van der Waals surface area contributed by atoms with Gasteiger partial charge in [-0.15, -0.1) is 0 Å². The van der Waals surface area contributed by atoms with E-state index in [1.807, 2.05) is 46.9 Å². The molecule has 0 spiro atoms. The van der Waals surface area contributed by atoms with E-state index in [1.165, 1.54) is 0 Å². The van der Waals surface area contributed by atoms with E-state index in [-0.39, 0.29) is 11.8 Å². The Morgan fingerprint density at radius 2 is 1.95 bits per heavy atom. The molecule has 1 unspecified atom stereocenters. The molecule has 2 aromatic rings. The Morgan fingerprint density at radius 3 is 2.59 bits per heavy atom. The minimum Gasteiger partial charge on any atom is -0.296 e. The number of rotatable bonds is 1. The Morgan fingerprint density at radius 1 is 1.27 bits per heavy atom. The maximum atomic E-state index is 12.3. The van der Waals surface area contributed by atoms with Gasteiger partial charge in [-0.1, -0.05) is 26.0 Å². The lowest BCUT2D eigenvalue weighted by Gasteiger charge is -2.30. The predicted octanol–water partition coefficient (Wildman–Crippen LogP) is 2.60. The molecule has 1 saturated heterocycles. The molecule has 3 rings (SSSR count). The molecule has 2 amide bonds. The van der Waals surface area contributed by atoms with Gasteiger partial charge in [-0.05, 0) is 31.9 Å². The molecular weight excluding hydrogens is 278 g/mol. The lowest BCUT2D eigenvalue weighted by molar-refractivity contribution is -0.137. The molecule has 1 N–H and O–H groups in total. The van der Waals surface area contributed by atoms with Gasteiger partial charge in [0.25, 0.3) is 0 Å². The molecule has 0 aliphatic carbocycles. The van der Waals surface area contributed by atoms with Crippen LogP contribution in [-0.4, -0.2) is 21.6 Å². The summed E-state index contributed by atoms with van der Waals surface area (Å²) in [5.41, 5.74) is 2.16. The fraction of sp³-hybridized carbons (Fsp3) is 0.471. The summed E-state index contributed by atoms with van der Waals surface area (Å²) in [6.07, 6.45) is 0.851. The monoisotopic (exact) mass is 301 g/mol. The zero-order chi connectivity index (χ0) is 16.5. The highest BCUT2D eigenvalue weighted by atomic mass is 16.2. The maximum absolute atomic E-state index is 12.3. The first kappa shape index (κ1) is 16.2. The van der Waals surface area contributed by atoms with Crippen LogP contribution < -0.4 is 5.32 Å². The van der Waals surface area contributed by atoms with E-state index >= 15 is 0 Å². The summed E-state index contributed by atoms with van der Waals surface area (Å²) in [7, 11) is 1.88. The quantitative estimate of drug-likeness (QED) is 0.823. The van der Waals surface area contributed by atoms with Gasteiger partial charge in [-0.3, -0.25) is 19.6 Å². The van der Waals surface area contributed by atoms with E-state index < -0.39 is 5.41 Å². The lowest BCUT2D eigenvalue weighted by atomic mass is 9.77. The van der Waals surface area contributed by atoms with Crippen molar-refractivity contribution in [3.8, 4) is 0 Å². The van der Waals surface area contributed by atoms with Crippen molar-refractivity contribution in [1.82, 2.24) is 15.1 Å². The predicted molar refractivity (Wildman–Crippen MR) is 86.5 cm³/mol. The van der Waals surface area contributed by atoms with Crippen molar-refractivity contribution in [2.45, 2.75) is 46.0 Å². The molecule has 1 aromatic carbocycles. The SMILES string of the molecule is CC.Cc1ccc2c(C3(C)CCC(=O)NC3=O)nn(C)c2c1. The van der Waals surface area contributed by atoms with Crippen molar-refractivity contribution >= 4 is 22.7 Å². The Labute approximate surface area is 130 Å². The van der Waals surface area contributed by atoms with Gasteiger partial charge in [0, 0.05) is 18.9 Å². The molecule has 5 heteroatoms. The fourth-order valence-electron chi connectivity index (χ4n) is 2.81. The largest absolute Gasteiger partial charge is 0.296 e. The van der Waals surface area contributed by atoms with E-state index in [9.17, 15) is 9.59 Å². The lowest BCUT2D eigenvalue weighted by Crippen LogP contribution is -2.50. The normalized spacial score (nSPS) is 21.3. The standard InChI is InChI=1S/C15H17N3O2.C2H6/c1-9-4-5-10-11(8-9)18(3)17-13(10)15(2)7-6-12(19)16-14(15)20;1-2/h4-5,8H,6-7H2,1-3H3,(H,16,19,20);1-2H3. The Kier molecular flexibility index (Phi) is 4.35. The summed E-state index contributed by atoms with van der Waals surface area (Å²) in [5, 5.41) is 7.95. The van der Waals surface area contributed by atoms with Crippen LogP contribution in [-0.2, 0) is 22.1 Å². The molecule has 1 aromatic heterocycles. The van der Waals surface area contributed by atoms with Crippen LogP contribution in [0.4, 0.5) is 0 Å². The molecular formula is C17H23N3O2. The van der Waals surface area contributed by atoms with Crippen molar-refractivity contribution in [1.29, 1.82) is 0 Å². The van der Waals surface area contributed by atoms with Crippen molar-refractivity contribution in [2.75, 3.05) is 0 Å². The van der Waals surface area contributed by atoms with Crippen LogP contribution in [0.1, 0.15) is 44.9 Å². The van der Waals surface area contributed by atoms with Gasteiger partial charge in [0.2, 0.25) is 11.8 Å². The van der Waals surface area contributed by atoms with Gasteiger partial charge in [0.1, 0.15) is 0 Å². The van der Waals surface area contributed by atoms with Crippen LogP contribution in [0.25, 0.3) is 10.9 Å². The molecule has 0 radical (unpaired) electrons. The van der Waals surface area contributed by atoms with Crippen molar-refractivity contribution in [2.24, 2.45) is 7.05 Å². The minimum atomic E-state index is -0.747. The molecule has 1 atom stereocenters. The van der Waals surface area contributed by atoms with Gasteiger partial charge in [0.05, 0.1) is 16.6 Å². The van der Waals surface area contributed by atoms with Crippen LogP contribution >= 0.6 is 0 Å². The van der Waals surface area contributed by atoms with Gasteiger partial charge >= 0.3 is 0 Å². The number of amides is 2. The number of carbonyl (C=O) groups excluding carboxylic acids is 2. The highest BCUT2D eigenvalue weighted by Gasteiger charge is 2.43. The Balaban J connectivity index is 0.000000847. The maximum Gasteiger partial charge on any atom is 0.238 e. The third kappa shape index (κ3) is 2.51. The molecule has 0 saturated carbocycles. The average molecular weight is 301 g/mol. The molecule has 0 bridgehead atoms. The first-order valence-corrected chi connectivity index (χ1v) is 7.70. The third-order valence-corrected chi connectivity index (χ3v) is 4.14. The average Bonchev–Trinajstić information content (AvgIpc) is 2.83. The van der Waals surface area contributed by atoms with Crippen molar-refractivity contribution in [3.05, 3.63) is 29.5 Å². The number of nitrogens with one attached hydrogen (secondary N) is 1. The van der Waals surface area contributed by atoms with Gasteiger partial charge in [0.15, 0.2) is 0 Å². The van der Waals surface area contributed by atoms with Crippen LogP contribution in [0.3, 0.4) is 0 Å². The Hall–Kier alpha value is -2.17. The zero-order valence-corrected chi connectivity index (χ0v) is 13.9. The highest BCUT2D eigenvalue weighted by molar-refractivity contribution is 6.04. The summed E-state index contributed by atoms with van der Waals surface area (Å²) in [6, 6.07) is 6.08. The number of piperidine rings is 1. The number of aryl methyl sites for hydroxylation is 2. The number of fused-ring (bicyclic) bond motifs is 1. The van der Waals surface area contributed by atoms with Gasteiger partial charge in [-0.2, -0.15) is 5.10 Å². The van der Waals surface area contributed by atoms with Crippen molar-refractivity contribution < 1.29 is 9.59 Å². The smallest absolute Gasteiger partial charge is 0.238 e. The summed E-state index contributed by atoms with van der Waals surface area (Å²) in [5.74, 6) is -0.460. The minimum absolute atomic E-state index is 0.205. The second kappa shape index (κ2) is 5.91. The molecule has 1 fully saturated rings. The molecule has 2 heterocycles. The second-order valence-corrected chi connectivity index (χ2v) is 5.70. The number of hydrogen-bond donors (Lipinski definition) is 1. The molecule has 118 valence electrons. The summed E-state index contributed by atoms with van der Waals surface area (Å²) in [4.78, 5) is 23.6. The molecule has 1 aliphatic heterocycles. The fourth-order valence-corrected chi connectivity index (χ4v) is 2.81. The molecule has 22 heavy (non-hydrogen) atoms. The first-order valence-electron chi connectivity index (χ1n) is 7.70. The highest BCUT2D eigenvalue weighted by Crippen LogP contribution is 2.35. The number of benzene rings is 1. The van der Waals surface area contributed by atoms with Crippen molar-refractivity contribution in [3.63, 3.8) is 0 Å². The first-order chi connectivity index (χ1) is 10.4. The topological polar surface area (TPSA) is 64.0 Å². The summed E-state index contributed by atoms with van der Waals surface area (Å²) >= 11 is 0. The van der Waals surface area contributed by atoms with E-state index in [0.29, 0.717) is 12.8 Å². The number of imide groups is 1. The Bertz CT molecular complexity index is 733. The van der Waals surface area contributed by atoms with Crippen LogP contribution in [0.15, 0.2) is 18.2 Å². The summed E-state index contributed by atoms with van der Waals surface area (Å²) in [6.45, 7) is 7.89. The van der Waals surface area contributed by atoms with E-state index in [2.05, 4.69) is 16.5 Å². The molecule has 1 aliphatic rings. The zero-order valence-electron chi connectivity index (χ0n) is 13.9. The second-order valence-electron chi connectivity index (χ2n) is 5.70. The number of hydrogen-bond acceptors (Lipinski definition) is 3. The van der Waals surface area contributed by atoms with Crippen LogP contribution in [0, 0.1) is 6.92 Å².